The van der Waals surface area contributed by atoms with Crippen LogP contribution in [0.3, 0.4) is 0 Å². The number of carboxylic acid groups (broad SMARTS) is 1. The van der Waals surface area contributed by atoms with Crippen LogP contribution in [0.5, 0.6) is 0 Å². The highest BCUT2D eigenvalue weighted by Gasteiger charge is 2.36. The minimum atomic E-state index is -1.26. The highest BCUT2D eigenvalue weighted by molar-refractivity contribution is 5.88. The van der Waals surface area contributed by atoms with Crippen LogP contribution < -0.4 is 5.32 Å². The summed E-state index contributed by atoms with van der Waals surface area (Å²) in [6, 6.07) is -0.121. The van der Waals surface area contributed by atoms with Crippen molar-refractivity contribution in [1.29, 1.82) is 0 Å². The van der Waals surface area contributed by atoms with E-state index in [1.807, 2.05) is 0 Å². The average Bonchev–Trinajstić information content (AvgIpc) is 2.45. The van der Waals surface area contributed by atoms with E-state index in [0.717, 1.165) is 6.42 Å². The number of hydrogen-bond acceptors (Lipinski definition) is 3. The predicted octanol–water partition coefficient (Wildman–Crippen LogP) is 0.750. The number of carbonyl (C=O) groups excluding carboxylic acids is 2. The Hall–Kier alpha value is -1.79. The van der Waals surface area contributed by atoms with Crippen molar-refractivity contribution in [3.05, 3.63) is 0 Å². The third-order valence-corrected chi connectivity index (χ3v) is 4.02. The summed E-state index contributed by atoms with van der Waals surface area (Å²) in [5.41, 5.74) is -1.26. The molecule has 0 aromatic carbocycles. The number of amides is 3. The SMILES string of the molecule is CCC(C)(NC(=O)C1CCCN(C(=O)N(C)C)C1)C(=O)O. The minimum absolute atomic E-state index is 0.121. The summed E-state index contributed by atoms with van der Waals surface area (Å²) >= 11 is 0. The quantitative estimate of drug-likeness (QED) is 0.801. The van der Waals surface area contributed by atoms with E-state index in [1.54, 1.807) is 25.9 Å². The van der Waals surface area contributed by atoms with Gasteiger partial charge in [0.25, 0.3) is 0 Å². The fourth-order valence-corrected chi connectivity index (χ4v) is 2.31. The van der Waals surface area contributed by atoms with E-state index in [-0.39, 0.29) is 17.9 Å². The Bertz CT molecular complexity index is 424. The second kappa shape index (κ2) is 6.78. The summed E-state index contributed by atoms with van der Waals surface area (Å²) in [6.07, 6.45) is 1.72. The number of piperidine rings is 1. The molecule has 2 atom stereocenters. The normalized spacial score (nSPS) is 21.3. The van der Waals surface area contributed by atoms with Gasteiger partial charge in [0, 0.05) is 27.2 Å². The molecule has 7 heteroatoms. The van der Waals surface area contributed by atoms with Crippen molar-refractivity contribution in [2.24, 2.45) is 5.92 Å². The van der Waals surface area contributed by atoms with E-state index in [2.05, 4.69) is 5.32 Å². The topological polar surface area (TPSA) is 90.0 Å². The van der Waals surface area contributed by atoms with E-state index in [9.17, 15) is 19.5 Å². The van der Waals surface area contributed by atoms with Gasteiger partial charge in [0.05, 0.1) is 5.92 Å². The van der Waals surface area contributed by atoms with Crippen LogP contribution in [0.2, 0.25) is 0 Å². The number of nitrogens with one attached hydrogen (secondary N) is 1. The van der Waals surface area contributed by atoms with Gasteiger partial charge in [-0.05, 0) is 26.2 Å². The summed E-state index contributed by atoms with van der Waals surface area (Å²) in [5.74, 6) is -1.69. The van der Waals surface area contributed by atoms with Gasteiger partial charge in [-0.2, -0.15) is 0 Å². The molecule has 1 saturated heterocycles. The second-order valence-electron chi connectivity index (χ2n) is 5.94. The fraction of sp³-hybridized carbons (Fsp3) is 0.786. The van der Waals surface area contributed by atoms with Gasteiger partial charge < -0.3 is 20.2 Å². The maximum absolute atomic E-state index is 12.3. The Balaban J connectivity index is 2.70. The molecule has 1 aliphatic rings. The number of nitrogens with zero attached hydrogens (tertiary/aromatic N) is 2. The van der Waals surface area contributed by atoms with Gasteiger partial charge in [-0.1, -0.05) is 6.92 Å². The second-order valence-corrected chi connectivity index (χ2v) is 5.94. The molecule has 0 aromatic rings. The molecule has 0 saturated carbocycles. The zero-order chi connectivity index (χ0) is 16.2. The van der Waals surface area contributed by atoms with Crippen molar-refractivity contribution < 1.29 is 19.5 Å². The van der Waals surface area contributed by atoms with Gasteiger partial charge in [0.2, 0.25) is 5.91 Å². The van der Waals surface area contributed by atoms with E-state index in [4.69, 9.17) is 0 Å². The van der Waals surface area contributed by atoms with Crippen LogP contribution in [0.15, 0.2) is 0 Å². The Morgan fingerprint density at radius 2 is 2.00 bits per heavy atom. The van der Waals surface area contributed by atoms with Gasteiger partial charge in [-0.3, -0.25) is 4.79 Å². The largest absolute Gasteiger partial charge is 0.480 e. The number of carbonyl (C=O) groups is 3. The van der Waals surface area contributed by atoms with Crippen LogP contribution in [-0.2, 0) is 9.59 Å². The third-order valence-electron chi connectivity index (χ3n) is 4.02. The Morgan fingerprint density at radius 3 is 2.48 bits per heavy atom. The van der Waals surface area contributed by atoms with Crippen molar-refractivity contribution in [2.45, 2.75) is 38.6 Å². The lowest BCUT2D eigenvalue weighted by Crippen LogP contribution is -2.56. The van der Waals surface area contributed by atoms with E-state index in [0.29, 0.717) is 25.9 Å². The summed E-state index contributed by atoms with van der Waals surface area (Å²) in [7, 11) is 3.34. The number of rotatable bonds is 4. The number of aliphatic carboxylic acids is 1. The third kappa shape index (κ3) is 4.09. The molecule has 1 fully saturated rings. The van der Waals surface area contributed by atoms with Crippen molar-refractivity contribution in [2.75, 3.05) is 27.2 Å². The molecule has 0 radical (unpaired) electrons. The molecule has 120 valence electrons. The van der Waals surface area contributed by atoms with Crippen molar-refractivity contribution in [3.8, 4) is 0 Å². The molecule has 0 aromatic heterocycles. The van der Waals surface area contributed by atoms with Crippen LogP contribution >= 0.6 is 0 Å². The van der Waals surface area contributed by atoms with Crippen LogP contribution in [0.4, 0.5) is 4.79 Å². The lowest BCUT2D eigenvalue weighted by Gasteiger charge is -2.35. The molecule has 21 heavy (non-hydrogen) atoms. The van der Waals surface area contributed by atoms with Crippen LogP contribution in [0, 0.1) is 5.92 Å². The summed E-state index contributed by atoms with van der Waals surface area (Å²) in [4.78, 5) is 38.6. The molecular formula is C14H25N3O4. The summed E-state index contributed by atoms with van der Waals surface area (Å²) in [5, 5.41) is 11.8. The van der Waals surface area contributed by atoms with Gasteiger partial charge in [0.15, 0.2) is 0 Å². The standard InChI is InChI=1S/C14H25N3O4/c1-5-14(2,12(19)20)15-11(18)10-7-6-8-17(9-10)13(21)16(3)4/h10H,5-9H2,1-4H3,(H,15,18)(H,19,20). The predicted molar refractivity (Wildman–Crippen MR) is 77.9 cm³/mol. The molecule has 0 bridgehead atoms. The van der Waals surface area contributed by atoms with Gasteiger partial charge in [0.1, 0.15) is 5.54 Å². The first-order valence-electron chi connectivity index (χ1n) is 7.23. The van der Waals surface area contributed by atoms with E-state index in [1.165, 1.54) is 11.8 Å². The summed E-state index contributed by atoms with van der Waals surface area (Å²) < 4.78 is 0. The lowest BCUT2D eigenvalue weighted by molar-refractivity contribution is -0.148. The van der Waals surface area contributed by atoms with Crippen LogP contribution in [0.1, 0.15) is 33.1 Å². The molecule has 0 spiro atoms. The smallest absolute Gasteiger partial charge is 0.329 e. The Kier molecular flexibility index (Phi) is 5.57. The number of carboxylic acids is 1. The average molecular weight is 299 g/mol. The first-order chi connectivity index (χ1) is 9.71. The molecule has 0 aliphatic carbocycles. The van der Waals surface area contributed by atoms with E-state index < -0.39 is 11.5 Å². The van der Waals surface area contributed by atoms with Crippen molar-refractivity contribution in [1.82, 2.24) is 15.1 Å². The molecule has 1 heterocycles. The monoisotopic (exact) mass is 299 g/mol. The molecule has 1 rings (SSSR count). The Morgan fingerprint density at radius 1 is 1.38 bits per heavy atom. The Labute approximate surface area is 125 Å². The number of likely N-dealkylation sites (tertiary alicyclic amines) is 1. The first kappa shape index (κ1) is 17.3. The maximum atomic E-state index is 12.3. The highest BCUT2D eigenvalue weighted by Crippen LogP contribution is 2.19. The molecule has 7 nitrogen and oxygen atoms in total. The number of urea groups is 1. The summed E-state index contributed by atoms with van der Waals surface area (Å²) in [6.45, 7) is 4.18. The highest BCUT2D eigenvalue weighted by atomic mass is 16.4. The van der Waals surface area contributed by atoms with Crippen LogP contribution in [-0.4, -0.2) is 65.5 Å². The van der Waals surface area contributed by atoms with E-state index >= 15 is 0 Å². The van der Waals surface area contributed by atoms with Crippen molar-refractivity contribution in [3.63, 3.8) is 0 Å². The van der Waals surface area contributed by atoms with Gasteiger partial charge in [-0.15, -0.1) is 0 Å². The zero-order valence-corrected chi connectivity index (χ0v) is 13.2. The molecular weight excluding hydrogens is 274 g/mol. The van der Waals surface area contributed by atoms with Gasteiger partial charge >= 0.3 is 12.0 Å². The molecule has 2 unspecified atom stereocenters. The lowest BCUT2D eigenvalue weighted by atomic mass is 9.93. The molecule has 2 N–H and O–H groups in total. The number of hydrogen-bond donors (Lipinski definition) is 2. The first-order valence-corrected chi connectivity index (χ1v) is 7.23. The molecule has 1 aliphatic heterocycles. The van der Waals surface area contributed by atoms with Crippen molar-refractivity contribution >= 4 is 17.9 Å². The molecule has 3 amide bonds. The van der Waals surface area contributed by atoms with Crippen LogP contribution in [0.25, 0.3) is 0 Å². The maximum Gasteiger partial charge on any atom is 0.329 e. The minimum Gasteiger partial charge on any atom is -0.480 e. The fourth-order valence-electron chi connectivity index (χ4n) is 2.31. The zero-order valence-electron chi connectivity index (χ0n) is 13.2. The van der Waals surface area contributed by atoms with Gasteiger partial charge in [-0.25, -0.2) is 9.59 Å².